The Morgan fingerprint density at radius 1 is 1.19 bits per heavy atom. The molecular formula is C20H21ClN4O4S2. The van der Waals surface area contributed by atoms with Crippen molar-refractivity contribution in [1.29, 1.82) is 0 Å². The number of methoxy groups -OCH3 is 1. The van der Waals surface area contributed by atoms with Crippen molar-refractivity contribution in [2.75, 3.05) is 23.0 Å². The second kappa shape index (κ2) is 9.21. The predicted molar refractivity (Wildman–Crippen MR) is 124 cm³/mol. The average Bonchev–Trinajstić information content (AvgIpc) is 3.16. The van der Waals surface area contributed by atoms with Crippen LogP contribution in [0.5, 0.6) is 5.75 Å². The highest BCUT2D eigenvalue weighted by Gasteiger charge is 2.32. The van der Waals surface area contributed by atoms with Crippen molar-refractivity contribution >= 4 is 49.7 Å². The SMILES string of the molecule is COc1ccc(C)cc1N(C(C)C(=O)Nc1nnc(-c2ccc(Cl)cc2)s1)S(C)(=O)=O. The number of rotatable bonds is 7. The maximum atomic E-state index is 12.9. The van der Waals surface area contributed by atoms with E-state index in [2.05, 4.69) is 15.5 Å². The largest absolute Gasteiger partial charge is 0.495 e. The first-order chi connectivity index (χ1) is 14.6. The lowest BCUT2D eigenvalue weighted by atomic mass is 10.2. The summed E-state index contributed by atoms with van der Waals surface area (Å²) >= 11 is 7.08. The molecule has 3 aromatic rings. The normalized spacial score (nSPS) is 12.3. The molecule has 0 bridgehead atoms. The van der Waals surface area contributed by atoms with Gasteiger partial charge in [0.2, 0.25) is 21.1 Å². The summed E-state index contributed by atoms with van der Waals surface area (Å²) in [5.41, 5.74) is 1.92. The number of hydrogen-bond acceptors (Lipinski definition) is 7. The van der Waals surface area contributed by atoms with E-state index >= 15 is 0 Å². The number of ether oxygens (including phenoxy) is 1. The van der Waals surface area contributed by atoms with Crippen LogP contribution in [0.2, 0.25) is 5.02 Å². The number of aryl methyl sites for hydroxylation is 1. The molecule has 1 N–H and O–H groups in total. The van der Waals surface area contributed by atoms with Crippen molar-refractivity contribution < 1.29 is 17.9 Å². The Morgan fingerprint density at radius 2 is 1.87 bits per heavy atom. The van der Waals surface area contributed by atoms with E-state index in [4.69, 9.17) is 16.3 Å². The van der Waals surface area contributed by atoms with Gasteiger partial charge in [0, 0.05) is 10.6 Å². The highest BCUT2D eigenvalue weighted by atomic mass is 35.5. The Kier molecular flexibility index (Phi) is 6.83. The molecule has 0 aliphatic carbocycles. The molecule has 164 valence electrons. The quantitative estimate of drug-likeness (QED) is 0.549. The molecule has 31 heavy (non-hydrogen) atoms. The molecular weight excluding hydrogens is 460 g/mol. The average molecular weight is 481 g/mol. The van der Waals surface area contributed by atoms with E-state index in [1.807, 2.05) is 6.92 Å². The van der Waals surface area contributed by atoms with Gasteiger partial charge in [-0.25, -0.2) is 8.42 Å². The molecule has 1 aromatic heterocycles. The number of benzene rings is 2. The lowest BCUT2D eigenvalue weighted by molar-refractivity contribution is -0.116. The number of nitrogens with one attached hydrogen (secondary N) is 1. The molecule has 0 saturated heterocycles. The molecule has 1 amide bonds. The number of nitrogens with zero attached hydrogens (tertiary/aromatic N) is 3. The zero-order chi connectivity index (χ0) is 22.8. The summed E-state index contributed by atoms with van der Waals surface area (Å²) in [5.74, 6) is -0.204. The summed E-state index contributed by atoms with van der Waals surface area (Å²) in [5, 5.41) is 12.2. The molecule has 1 heterocycles. The van der Waals surface area contributed by atoms with E-state index in [9.17, 15) is 13.2 Å². The van der Waals surface area contributed by atoms with Crippen LogP contribution in [0, 0.1) is 6.92 Å². The van der Waals surface area contributed by atoms with E-state index in [-0.39, 0.29) is 10.8 Å². The highest BCUT2D eigenvalue weighted by Crippen LogP contribution is 2.33. The third-order valence-corrected chi connectivity index (χ3v) is 6.77. The van der Waals surface area contributed by atoms with Crippen molar-refractivity contribution in [2.24, 2.45) is 0 Å². The first-order valence-electron chi connectivity index (χ1n) is 9.14. The minimum atomic E-state index is -3.80. The maximum Gasteiger partial charge on any atom is 0.249 e. The molecule has 8 nitrogen and oxygen atoms in total. The van der Waals surface area contributed by atoms with Crippen LogP contribution in [-0.2, 0) is 14.8 Å². The molecule has 0 aliphatic heterocycles. The molecule has 0 fully saturated rings. The van der Waals surface area contributed by atoms with Gasteiger partial charge in [-0.05, 0) is 43.7 Å². The maximum absolute atomic E-state index is 12.9. The Labute approximate surface area is 189 Å². The van der Waals surface area contributed by atoms with Crippen LogP contribution in [0.4, 0.5) is 10.8 Å². The van der Waals surface area contributed by atoms with Crippen LogP contribution in [0.15, 0.2) is 42.5 Å². The van der Waals surface area contributed by atoms with Gasteiger partial charge in [0.25, 0.3) is 0 Å². The Hall–Kier alpha value is -2.69. The second-order valence-electron chi connectivity index (χ2n) is 6.82. The number of halogens is 1. The van der Waals surface area contributed by atoms with Gasteiger partial charge < -0.3 is 4.74 Å². The number of hydrogen-bond donors (Lipinski definition) is 1. The van der Waals surface area contributed by atoms with Gasteiger partial charge in [-0.1, -0.05) is 41.1 Å². The molecule has 3 rings (SSSR count). The van der Waals surface area contributed by atoms with Gasteiger partial charge in [0.05, 0.1) is 19.1 Å². The standard InChI is InChI=1S/C20H21ClN4O4S2/c1-12-5-10-17(29-3)16(11-12)25(31(4,27)28)13(2)18(26)22-20-24-23-19(30-20)14-6-8-15(21)9-7-14/h5-11,13H,1-4H3,(H,22,24,26). The van der Waals surface area contributed by atoms with Crippen molar-refractivity contribution in [1.82, 2.24) is 10.2 Å². The van der Waals surface area contributed by atoms with Crippen LogP contribution < -0.4 is 14.4 Å². The monoisotopic (exact) mass is 480 g/mol. The Morgan fingerprint density at radius 3 is 2.48 bits per heavy atom. The molecule has 0 spiro atoms. The van der Waals surface area contributed by atoms with Crippen LogP contribution in [0.3, 0.4) is 0 Å². The Balaban J connectivity index is 1.86. The molecule has 0 aliphatic rings. The number of carbonyl (C=O) groups is 1. The number of carbonyl (C=O) groups excluding carboxylic acids is 1. The van der Waals surface area contributed by atoms with Gasteiger partial charge >= 0.3 is 0 Å². The fourth-order valence-electron chi connectivity index (χ4n) is 2.95. The van der Waals surface area contributed by atoms with Crippen LogP contribution in [0.1, 0.15) is 12.5 Å². The van der Waals surface area contributed by atoms with Crippen LogP contribution >= 0.6 is 22.9 Å². The summed E-state index contributed by atoms with van der Waals surface area (Å²) in [4.78, 5) is 12.9. The third-order valence-electron chi connectivity index (χ3n) is 4.41. The molecule has 0 saturated carbocycles. The van der Waals surface area contributed by atoms with Crippen molar-refractivity contribution in [2.45, 2.75) is 19.9 Å². The minimum absolute atomic E-state index is 0.256. The third kappa shape index (κ3) is 5.33. The van der Waals surface area contributed by atoms with Gasteiger partial charge in [-0.3, -0.25) is 14.4 Å². The van der Waals surface area contributed by atoms with Crippen LogP contribution in [0.25, 0.3) is 10.6 Å². The van der Waals surface area contributed by atoms with Crippen LogP contribution in [-0.4, -0.2) is 43.9 Å². The van der Waals surface area contributed by atoms with Gasteiger partial charge in [-0.15, -0.1) is 10.2 Å². The summed E-state index contributed by atoms with van der Waals surface area (Å²) in [7, 11) is -2.35. The number of sulfonamides is 1. The van der Waals surface area contributed by atoms with Crippen molar-refractivity contribution in [3.8, 4) is 16.3 Å². The summed E-state index contributed by atoms with van der Waals surface area (Å²) < 4.78 is 31.5. The number of amides is 1. The van der Waals surface area contributed by atoms with E-state index in [1.165, 1.54) is 25.4 Å². The first kappa shape index (κ1) is 23.0. The van der Waals surface area contributed by atoms with E-state index in [0.29, 0.717) is 15.8 Å². The summed E-state index contributed by atoms with van der Waals surface area (Å²) in [6, 6.07) is 11.1. The van der Waals surface area contributed by atoms with Gasteiger partial charge in [-0.2, -0.15) is 0 Å². The zero-order valence-corrected chi connectivity index (χ0v) is 19.7. The van der Waals surface area contributed by atoms with Gasteiger partial charge in [0.1, 0.15) is 16.8 Å². The van der Waals surface area contributed by atoms with E-state index in [1.54, 1.807) is 42.5 Å². The van der Waals surface area contributed by atoms with Crippen molar-refractivity contribution in [3.63, 3.8) is 0 Å². The Bertz CT molecular complexity index is 1200. The minimum Gasteiger partial charge on any atom is -0.495 e. The zero-order valence-electron chi connectivity index (χ0n) is 17.3. The predicted octanol–water partition coefficient (Wildman–Crippen LogP) is 3.97. The smallest absolute Gasteiger partial charge is 0.249 e. The summed E-state index contributed by atoms with van der Waals surface area (Å²) in [6.45, 7) is 3.33. The van der Waals surface area contributed by atoms with Crippen molar-refractivity contribution in [3.05, 3.63) is 53.1 Å². The lowest BCUT2D eigenvalue weighted by Crippen LogP contribution is -2.45. The highest BCUT2D eigenvalue weighted by molar-refractivity contribution is 7.92. The lowest BCUT2D eigenvalue weighted by Gasteiger charge is -2.29. The van der Waals surface area contributed by atoms with E-state index in [0.717, 1.165) is 21.7 Å². The van der Waals surface area contributed by atoms with E-state index < -0.39 is 22.0 Å². The second-order valence-corrected chi connectivity index (χ2v) is 10.1. The molecule has 0 radical (unpaired) electrons. The molecule has 11 heteroatoms. The number of aromatic nitrogens is 2. The fourth-order valence-corrected chi connectivity index (χ4v) is 4.99. The topological polar surface area (TPSA) is 101 Å². The van der Waals surface area contributed by atoms with Gasteiger partial charge in [0.15, 0.2) is 0 Å². The summed E-state index contributed by atoms with van der Waals surface area (Å²) in [6.07, 6.45) is 1.04. The fraction of sp³-hybridized carbons (Fsp3) is 0.250. The molecule has 2 aromatic carbocycles. The first-order valence-corrected chi connectivity index (χ1v) is 12.2. The number of anilines is 2. The molecule has 1 atom stereocenters. The molecule has 1 unspecified atom stereocenters.